The third-order valence-electron chi connectivity index (χ3n) is 2.32. The summed E-state index contributed by atoms with van der Waals surface area (Å²) >= 11 is 5.88. The molecule has 1 rings (SSSR count). The van der Waals surface area contributed by atoms with Gasteiger partial charge in [0.1, 0.15) is 16.8 Å². The van der Waals surface area contributed by atoms with Crippen LogP contribution in [-0.2, 0) is 4.79 Å². The van der Waals surface area contributed by atoms with Gasteiger partial charge in [0.15, 0.2) is 0 Å². The van der Waals surface area contributed by atoms with Crippen LogP contribution in [0.1, 0.15) is 12.7 Å². The Kier molecular flexibility index (Phi) is 4.69. The van der Waals surface area contributed by atoms with Crippen molar-refractivity contribution in [2.45, 2.75) is 13.8 Å². The molecular weight excluding hydrogens is 240 g/mol. The molecule has 0 atom stereocenters. The van der Waals surface area contributed by atoms with Crippen LogP contribution in [0.4, 0.5) is 5.82 Å². The second-order valence-electron chi connectivity index (χ2n) is 3.90. The molecule has 6 heteroatoms. The number of carbonyl (C=O) groups is 1. The molecule has 0 aliphatic carbocycles. The molecule has 1 aromatic rings. The van der Waals surface area contributed by atoms with Crippen molar-refractivity contribution in [1.29, 1.82) is 0 Å². The first-order valence-electron chi connectivity index (χ1n) is 5.40. The van der Waals surface area contributed by atoms with Gasteiger partial charge in [-0.2, -0.15) is 0 Å². The Labute approximate surface area is 106 Å². The number of rotatable bonds is 4. The predicted octanol–water partition coefficient (Wildman–Crippen LogP) is 1.35. The maximum absolute atomic E-state index is 11.7. The zero-order chi connectivity index (χ0) is 13.0. The first-order valence-corrected chi connectivity index (χ1v) is 5.78. The number of anilines is 1. The number of likely N-dealkylation sites (N-methyl/N-ethyl adjacent to an activating group) is 2. The van der Waals surface area contributed by atoms with Gasteiger partial charge in [0, 0.05) is 26.7 Å². The molecule has 0 unspecified atom stereocenters. The van der Waals surface area contributed by atoms with Crippen molar-refractivity contribution >= 4 is 23.3 Å². The number of amides is 1. The maximum atomic E-state index is 11.7. The number of hydrogen-bond acceptors (Lipinski definition) is 4. The molecule has 1 amide bonds. The summed E-state index contributed by atoms with van der Waals surface area (Å²) in [5.74, 6) is 1.31. The van der Waals surface area contributed by atoms with Crippen molar-refractivity contribution in [1.82, 2.24) is 14.9 Å². The van der Waals surface area contributed by atoms with Gasteiger partial charge >= 0.3 is 0 Å². The first-order chi connectivity index (χ1) is 7.93. The van der Waals surface area contributed by atoms with E-state index in [1.807, 2.05) is 11.8 Å². The monoisotopic (exact) mass is 256 g/mol. The maximum Gasteiger partial charge on any atom is 0.241 e. The Morgan fingerprint density at radius 3 is 2.53 bits per heavy atom. The van der Waals surface area contributed by atoms with E-state index in [1.165, 1.54) is 0 Å². The SMILES string of the molecule is CCN(CC(=O)N(C)C)c1cc(Cl)nc(C)n1. The van der Waals surface area contributed by atoms with E-state index < -0.39 is 0 Å². The molecule has 0 saturated heterocycles. The number of carbonyl (C=O) groups excluding carboxylic acids is 1. The number of hydrogen-bond donors (Lipinski definition) is 0. The fourth-order valence-electron chi connectivity index (χ4n) is 1.34. The molecule has 0 bridgehead atoms. The predicted molar refractivity (Wildman–Crippen MR) is 68.4 cm³/mol. The van der Waals surface area contributed by atoms with Gasteiger partial charge in [-0.3, -0.25) is 4.79 Å². The highest BCUT2D eigenvalue weighted by molar-refractivity contribution is 6.29. The molecule has 17 heavy (non-hydrogen) atoms. The zero-order valence-electron chi connectivity index (χ0n) is 10.6. The zero-order valence-corrected chi connectivity index (χ0v) is 11.3. The van der Waals surface area contributed by atoms with Crippen molar-refractivity contribution < 1.29 is 4.79 Å². The molecule has 1 heterocycles. The highest BCUT2D eigenvalue weighted by Gasteiger charge is 2.13. The second-order valence-corrected chi connectivity index (χ2v) is 4.29. The minimum atomic E-state index is 0.0271. The van der Waals surface area contributed by atoms with Crippen LogP contribution in [0.25, 0.3) is 0 Å². The average Bonchev–Trinajstić information content (AvgIpc) is 2.23. The van der Waals surface area contributed by atoms with E-state index in [0.717, 1.165) is 0 Å². The normalized spacial score (nSPS) is 10.2. The molecule has 0 aromatic carbocycles. The number of halogens is 1. The lowest BCUT2D eigenvalue weighted by molar-refractivity contribution is -0.127. The summed E-state index contributed by atoms with van der Waals surface area (Å²) in [4.78, 5) is 23.4. The van der Waals surface area contributed by atoms with E-state index in [1.54, 1.807) is 32.0 Å². The van der Waals surface area contributed by atoms with E-state index in [-0.39, 0.29) is 12.5 Å². The Morgan fingerprint density at radius 1 is 1.41 bits per heavy atom. The molecule has 0 spiro atoms. The van der Waals surface area contributed by atoms with Crippen LogP contribution in [0.2, 0.25) is 5.15 Å². The van der Waals surface area contributed by atoms with Crippen molar-refractivity contribution in [3.8, 4) is 0 Å². The van der Waals surface area contributed by atoms with Crippen LogP contribution in [-0.4, -0.2) is 48.0 Å². The molecule has 1 aromatic heterocycles. The van der Waals surface area contributed by atoms with Gasteiger partial charge in [-0.1, -0.05) is 11.6 Å². The standard InChI is InChI=1S/C11H17ClN4O/c1-5-16(7-11(17)15(3)4)10-6-9(12)13-8(2)14-10/h6H,5,7H2,1-4H3. The number of aryl methyl sites for hydroxylation is 1. The van der Waals surface area contributed by atoms with Crippen LogP contribution in [0.5, 0.6) is 0 Å². The average molecular weight is 257 g/mol. The van der Waals surface area contributed by atoms with Crippen molar-refractivity contribution in [2.75, 3.05) is 32.1 Å². The Morgan fingerprint density at radius 2 is 2.06 bits per heavy atom. The third-order valence-corrected chi connectivity index (χ3v) is 2.52. The minimum Gasteiger partial charge on any atom is -0.347 e. The molecule has 0 N–H and O–H groups in total. The fourth-order valence-corrected chi connectivity index (χ4v) is 1.56. The lowest BCUT2D eigenvalue weighted by Crippen LogP contribution is -2.37. The van der Waals surface area contributed by atoms with E-state index in [9.17, 15) is 4.79 Å². The van der Waals surface area contributed by atoms with Crippen LogP contribution in [0.3, 0.4) is 0 Å². The van der Waals surface area contributed by atoms with Gasteiger partial charge in [-0.05, 0) is 13.8 Å². The largest absolute Gasteiger partial charge is 0.347 e. The molecule has 0 fully saturated rings. The van der Waals surface area contributed by atoms with Gasteiger partial charge in [-0.15, -0.1) is 0 Å². The molecule has 5 nitrogen and oxygen atoms in total. The summed E-state index contributed by atoms with van der Waals surface area (Å²) in [7, 11) is 3.46. The summed E-state index contributed by atoms with van der Waals surface area (Å²) in [6.07, 6.45) is 0. The van der Waals surface area contributed by atoms with E-state index >= 15 is 0 Å². The summed E-state index contributed by atoms with van der Waals surface area (Å²) in [5.41, 5.74) is 0. The molecule has 0 aliphatic rings. The van der Waals surface area contributed by atoms with Crippen LogP contribution < -0.4 is 4.90 Å². The molecule has 0 radical (unpaired) electrons. The Bertz CT molecular complexity index is 388. The van der Waals surface area contributed by atoms with E-state index in [4.69, 9.17) is 11.6 Å². The van der Waals surface area contributed by atoms with Crippen LogP contribution >= 0.6 is 11.6 Å². The fraction of sp³-hybridized carbons (Fsp3) is 0.545. The van der Waals surface area contributed by atoms with E-state index in [2.05, 4.69) is 9.97 Å². The second kappa shape index (κ2) is 5.82. The number of nitrogens with zero attached hydrogens (tertiary/aromatic N) is 4. The lowest BCUT2D eigenvalue weighted by atomic mass is 10.4. The summed E-state index contributed by atoms with van der Waals surface area (Å²) in [6, 6.07) is 1.67. The topological polar surface area (TPSA) is 49.3 Å². The Balaban J connectivity index is 2.89. The smallest absolute Gasteiger partial charge is 0.241 e. The van der Waals surface area contributed by atoms with Gasteiger partial charge in [0.05, 0.1) is 6.54 Å². The lowest BCUT2D eigenvalue weighted by Gasteiger charge is -2.23. The van der Waals surface area contributed by atoms with Crippen LogP contribution in [0.15, 0.2) is 6.07 Å². The Hall–Kier alpha value is -1.36. The van der Waals surface area contributed by atoms with Crippen molar-refractivity contribution in [3.63, 3.8) is 0 Å². The highest BCUT2D eigenvalue weighted by atomic mass is 35.5. The van der Waals surface area contributed by atoms with Crippen molar-refractivity contribution in [2.24, 2.45) is 0 Å². The quantitative estimate of drug-likeness (QED) is 0.763. The van der Waals surface area contributed by atoms with Crippen LogP contribution in [0, 0.1) is 6.92 Å². The highest BCUT2D eigenvalue weighted by Crippen LogP contribution is 2.15. The summed E-state index contributed by atoms with van der Waals surface area (Å²) < 4.78 is 0. The van der Waals surface area contributed by atoms with Gasteiger partial charge in [0.2, 0.25) is 5.91 Å². The number of aromatic nitrogens is 2. The van der Waals surface area contributed by atoms with Gasteiger partial charge in [0.25, 0.3) is 0 Å². The minimum absolute atomic E-state index is 0.0271. The summed E-state index contributed by atoms with van der Waals surface area (Å²) in [6.45, 7) is 4.72. The van der Waals surface area contributed by atoms with Crippen molar-refractivity contribution in [3.05, 3.63) is 17.0 Å². The van der Waals surface area contributed by atoms with Gasteiger partial charge < -0.3 is 9.80 Å². The first kappa shape index (κ1) is 13.7. The molecule has 94 valence electrons. The summed E-state index contributed by atoms with van der Waals surface area (Å²) in [5, 5.41) is 0.392. The molecule has 0 aliphatic heterocycles. The van der Waals surface area contributed by atoms with Gasteiger partial charge in [-0.25, -0.2) is 9.97 Å². The van der Waals surface area contributed by atoms with E-state index in [0.29, 0.717) is 23.3 Å². The molecule has 0 saturated carbocycles. The third kappa shape index (κ3) is 3.85. The molecular formula is C11H17ClN4O.